The largest absolute Gasteiger partial charge is 0.416 e. The maximum atomic E-state index is 12.7. The van der Waals surface area contributed by atoms with E-state index in [-0.39, 0.29) is 10.7 Å². The minimum Gasteiger partial charge on any atom is -0.363 e. The molecule has 0 bridgehead atoms. The van der Waals surface area contributed by atoms with Gasteiger partial charge in [0.2, 0.25) is 5.91 Å². The Labute approximate surface area is 134 Å². The molecule has 22 heavy (non-hydrogen) atoms. The third kappa shape index (κ3) is 4.30. The number of aliphatic imine (C=N–C) groups is 1. The number of hydrogen-bond acceptors (Lipinski definition) is 4. The first-order valence-electron chi connectivity index (χ1n) is 6.40. The van der Waals surface area contributed by atoms with E-state index >= 15 is 0 Å². The predicted octanol–water partition coefficient (Wildman–Crippen LogP) is 3.38. The van der Waals surface area contributed by atoms with Crippen LogP contribution in [0.15, 0.2) is 23.2 Å². The average Bonchev–Trinajstić information content (AvgIpc) is 2.92. The van der Waals surface area contributed by atoms with Crippen LogP contribution in [0.5, 0.6) is 0 Å². The first-order valence-corrected chi connectivity index (χ1v) is 7.65. The van der Waals surface area contributed by atoms with E-state index < -0.39 is 22.9 Å². The lowest BCUT2D eigenvalue weighted by molar-refractivity contribution is -0.137. The smallest absolute Gasteiger partial charge is 0.363 e. The molecular formula is C13H13ClF3N3OS. The molecule has 9 heteroatoms. The van der Waals surface area contributed by atoms with Crippen molar-refractivity contribution in [1.82, 2.24) is 5.32 Å². The van der Waals surface area contributed by atoms with Gasteiger partial charge in [0.1, 0.15) is 0 Å². The van der Waals surface area contributed by atoms with Crippen molar-refractivity contribution in [2.45, 2.75) is 18.3 Å². The molecule has 0 saturated heterocycles. The predicted molar refractivity (Wildman–Crippen MR) is 82.4 cm³/mol. The second kappa shape index (κ2) is 6.78. The van der Waals surface area contributed by atoms with Crippen molar-refractivity contribution < 1.29 is 18.0 Å². The highest BCUT2D eigenvalue weighted by molar-refractivity contribution is 8.14. The van der Waals surface area contributed by atoms with Gasteiger partial charge in [-0.05, 0) is 25.1 Å². The zero-order chi connectivity index (χ0) is 16.3. The van der Waals surface area contributed by atoms with Crippen LogP contribution in [0, 0.1) is 0 Å². The number of amides is 1. The van der Waals surface area contributed by atoms with Crippen molar-refractivity contribution in [3.05, 3.63) is 28.8 Å². The van der Waals surface area contributed by atoms with Crippen LogP contribution in [-0.2, 0) is 11.0 Å². The summed E-state index contributed by atoms with van der Waals surface area (Å²) in [6, 6.07) is 2.80. The number of rotatable bonds is 3. The molecule has 0 radical (unpaired) electrons. The van der Waals surface area contributed by atoms with Crippen LogP contribution in [0.2, 0.25) is 5.02 Å². The quantitative estimate of drug-likeness (QED) is 0.877. The van der Waals surface area contributed by atoms with Crippen LogP contribution in [0.3, 0.4) is 0 Å². The summed E-state index contributed by atoms with van der Waals surface area (Å²) in [6.07, 6.45) is -4.49. The van der Waals surface area contributed by atoms with Crippen LogP contribution in [0.1, 0.15) is 12.5 Å². The van der Waals surface area contributed by atoms with Gasteiger partial charge < -0.3 is 10.6 Å². The number of hydrogen-bond donors (Lipinski definition) is 2. The molecule has 1 aromatic carbocycles. The Balaban J connectivity index is 2.07. The number of anilines is 1. The summed E-state index contributed by atoms with van der Waals surface area (Å²) in [7, 11) is 0. The maximum absolute atomic E-state index is 12.7. The number of nitrogens with zero attached hydrogens (tertiary/aromatic N) is 1. The average molecular weight is 352 g/mol. The summed E-state index contributed by atoms with van der Waals surface area (Å²) in [5.74, 6) is -0.442. The molecule has 1 aromatic rings. The minimum absolute atomic E-state index is 0.0508. The standard InChI is InChI=1S/C13H13ClF3N3OS/c1-7(22-12-18-4-5-19-12)11(21)20-10-6-8(13(15,16)17)2-3-9(10)14/h2-3,6-7H,4-5H2,1H3,(H,18,19)(H,20,21)/t7-/m0/s1. The van der Waals surface area contributed by atoms with Crippen LogP contribution in [-0.4, -0.2) is 29.4 Å². The monoisotopic (exact) mass is 351 g/mol. The Bertz CT molecular complexity index is 607. The molecule has 120 valence electrons. The lowest BCUT2D eigenvalue weighted by atomic mass is 10.2. The van der Waals surface area contributed by atoms with Crippen LogP contribution < -0.4 is 10.6 Å². The van der Waals surface area contributed by atoms with Gasteiger partial charge in [-0.3, -0.25) is 9.79 Å². The van der Waals surface area contributed by atoms with Crippen molar-refractivity contribution in [2.24, 2.45) is 4.99 Å². The molecule has 1 heterocycles. The normalized spacial score (nSPS) is 16.0. The van der Waals surface area contributed by atoms with Crippen molar-refractivity contribution >= 4 is 40.1 Å². The van der Waals surface area contributed by atoms with Crippen molar-refractivity contribution in [2.75, 3.05) is 18.4 Å². The van der Waals surface area contributed by atoms with E-state index in [1.165, 1.54) is 11.8 Å². The van der Waals surface area contributed by atoms with Gasteiger partial charge in [0, 0.05) is 6.54 Å². The van der Waals surface area contributed by atoms with E-state index in [0.29, 0.717) is 11.7 Å². The fourth-order valence-corrected chi connectivity index (χ4v) is 2.72. The summed E-state index contributed by atoms with van der Waals surface area (Å²) < 4.78 is 38.0. The highest BCUT2D eigenvalue weighted by Gasteiger charge is 2.31. The molecule has 1 aliphatic heterocycles. The highest BCUT2D eigenvalue weighted by Crippen LogP contribution is 2.34. The first kappa shape index (κ1) is 17.0. The van der Waals surface area contributed by atoms with E-state index in [4.69, 9.17) is 11.6 Å². The van der Waals surface area contributed by atoms with Gasteiger partial charge in [-0.25, -0.2) is 0 Å². The Morgan fingerprint density at radius 1 is 1.50 bits per heavy atom. The van der Waals surface area contributed by atoms with E-state index in [1.54, 1.807) is 6.92 Å². The fraction of sp³-hybridized carbons (Fsp3) is 0.385. The van der Waals surface area contributed by atoms with E-state index in [1.807, 2.05) is 0 Å². The maximum Gasteiger partial charge on any atom is 0.416 e. The van der Waals surface area contributed by atoms with Crippen molar-refractivity contribution in [3.63, 3.8) is 0 Å². The van der Waals surface area contributed by atoms with Crippen LogP contribution >= 0.6 is 23.4 Å². The molecule has 0 aliphatic carbocycles. The highest BCUT2D eigenvalue weighted by atomic mass is 35.5. The zero-order valence-corrected chi connectivity index (χ0v) is 13.1. The minimum atomic E-state index is -4.49. The van der Waals surface area contributed by atoms with Gasteiger partial charge >= 0.3 is 6.18 Å². The van der Waals surface area contributed by atoms with Gasteiger partial charge in [-0.15, -0.1) is 0 Å². The molecule has 0 saturated carbocycles. The van der Waals surface area contributed by atoms with E-state index in [0.717, 1.165) is 24.7 Å². The number of nitrogens with one attached hydrogen (secondary N) is 2. The Morgan fingerprint density at radius 2 is 2.23 bits per heavy atom. The molecule has 0 fully saturated rings. The van der Waals surface area contributed by atoms with Gasteiger partial charge in [-0.2, -0.15) is 13.2 Å². The topological polar surface area (TPSA) is 53.5 Å². The number of carbonyl (C=O) groups is 1. The molecule has 0 spiro atoms. The molecule has 1 atom stereocenters. The molecule has 0 aromatic heterocycles. The van der Waals surface area contributed by atoms with Crippen LogP contribution in [0.25, 0.3) is 0 Å². The molecule has 2 rings (SSSR count). The Kier molecular flexibility index (Phi) is 5.23. The zero-order valence-electron chi connectivity index (χ0n) is 11.5. The van der Waals surface area contributed by atoms with Crippen molar-refractivity contribution in [1.29, 1.82) is 0 Å². The Morgan fingerprint density at radius 3 is 2.82 bits per heavy atom. The third-order valence-electron chi connectivity index (χ3n) is 2.85. The molecule has 4 nitrogen and oxygen atoms in total. The lowest BCUT2D eigenvalue weighted by Crippen LogP contribution is -2.27. The molecule has 2 N–H and O–H groups in total. The van der Waals surface area contributed by atoms with E-state index in [9.17, 15) is 18.0 Å². The molecule has 0 unspecified atom stereocenters. The molecular weight excluding hydrogens is 339 g/mol. The first-order chi connectivity index (χ1) is 10.3. The van der Waals surface area contributed by atoms with Gasteiger partial charge in [0.15, 0.2) is 5.17 Å². The number of carbonyl (C=O) groups excluding carboxylic acids is 1. The number of halogens is 4. The summed E-state index contributed by atoms with van der Waals surface area (Å²) in [4.78, 5) is 16.2. The second-order valence-electron chi connectivity index (χ2n) is 4.56. The molecule has 1 aliphatic rings. The summed E-state index contributed by atoms with van der Waals surface area (Å²) in [5.41, 5.74) is -0.926. The summed E-state index contributed by atoms with van der Waals surface area (Å²) in [6.45, 7) is 3.01. The van der Waals surface area contributed by atoms with Crippen LogP contribution in [0.4, 0.5) is 18.9 Å². The number of alkyl halides is 3. The SMILES string of the molecule is C[C@H](SC1=NCCN1)C(=O)Nc1cc(C(F)(F)F)ccc1Cl. The van der Waals surface area contributed by atoms with Crippen molar-refractivity contribution in [3.8, 4) is 0 Å². The molecule has 1 amide bonds. The van der Waals surface area contributed by atoms with Gasteiger partial charge in [0.25, 0.3) is 0 Å². The number of benzene rings is 1. The van der Waals surface area contributed by atoms with Gasteiger partial charge in [0.05, 0.1) is 28.1 Å². The second-order valence-corrected chi connectivity index (χ2v) is 6.29. The summed E-state index contributed by atoms with van der Waals surface area (Å²) in [5, 5.41) is 5.61. The number of amidine groups is 1. The Hall–Kier alpha value is -1.41. The number of thioether (sulfide) groups is 1. The van der Waals surface area contributed by atoms with E-state index in [2.05, 4.69) is 15.6 Å². The summed E-state index contributed by atoms with van der Waals surface area (Å²) >= 11 is 7.05. The van der Waals surface area contributed by atoms with Gasteiger partial charge in [-0.1, -0.05) is 23.4 Å². The lowest BCUT2D eigenvalue weighted by Gasteiger charge is -2.14. The third-order valence-corrected chi connectivity index (χ3v) is 4.25. The fourth-order valence-electron chi connectivity index (χ4n) is 1.71.